The summed E-state index contributed by atoms with van der Waals surface area (Å²) in [5.41, 5.74) is 2.93. The van der Waals surface area contributed by atoms with Gasteiger partial charge in [-0.25, -0.2) is 0 Å². The molecule has 0 bridgehead atoms. The summed E-state index contributed by atoms with van der Waals surface area (Å²) < 4.78 is 0. The quantitative estimate of drug-likeness (QED) is 0.497. The van der Waals surface area contributed by atoms with Crippen molar-refractivity contribution in [2.24, 2.45) is 4.99 Å². The average Bonchev–Trinajstić information content (AvgIpc) is 2.53. The first-order valence-electron chi connectivity index (χ1n) is 7.94. The van der Waals surface area contributed by atoms with Crippen LogP contribution >= 0.6 is 11.8 Å². The summed E-state index contributed by atoms with van der Waals surface area (Å²) in [6.45, 7) is 6.05. The molecule has 2 rings (SSSR count). The summed E-state index contributed by atoms with van der Waals surface area (Å²) in [5, 5.41) is 3.44. The highest BCUT2D eigenvalue weighted by molar-refractivity contribution is 7.98. The SMILES string of the molecule is CCNC(=NCCCCSC)N1CCc2ccccc2C1. The second-order valence-corrected chi connectivity index (χ2v) is 6.36. The molecule has 1 aromatic rings. The average molecular weight is 305 g/mol. The molecule has 0 fully saturated rings. The van der Waals surface area contributed by atoms with Gasteiger partial charge < -0.3 is 10.2 Å². The fourth-order valence-electron chi connectivity index (χ4n) is 2.65. The van der Waals surface area contributed by atoms with E-state index in [9.17, 15) is 0 Å². The summed E-state index contributed by atoms with van der Waals surface area (Å²) in [7, 11) is 0. The Morgan fingerprint density at radius 1 is 1.29 bits per heavy atom. The number of thioether (sulfide) groups is 1. The van der Waals surface area contributed by atoms with Gasteiger partial charge in [0.15, 0.2) is 5.96 Å². The molecule has 0 saturated carbocycles. The number of aliphatic imine (C=N–C) groups is 1. The number of hydrogen-bond acceptors (Lipinski definition) is 2. The third kappa shape index (κ3) is 4.95. The zero-order valence-electron chi connectivity index (χ0n) is 13.3. The lowest BCUT2D eigenvalue weighted by Crippen LogP contribution is -2.44. The van der Waals surface area contributed by atoms with Crippen molar-refractivity contribution in [3.8, 4) is 0 Å². The van der Waals surface area contributed by atoms with Gasteiger partial charge in [-0.05, 0) is 49.3 Å². The van der Waals surface area contributed by atoms with Gasteiger partial charge in [0.05, 0.1) is 0 Å². The maximum absolute atomic E-state index is 4.80. The summed E-state index contributed by atoms with van der Waals surface area (Å²) >= 11 is 1.92. The fraction of sp³-hybridized carbons (Fsp3) is 0.588. The molecule has 1 aromatic carbocycles. The Bertz CT molecular complexity index is 459. The van der Waals surface area contributed by atoms with Crippen LogP contribution in [0.5, 0.6) is 0 Å². The standard InChI is InChI=1S/C17H27N3S/c1-3-18-17(19-11-6-7-13-21-2)20-12-10-15-8-4-5-9-16(15)14-20/h4-5,8-9H,3,6-7,10-14H2,1-2H3,(H,18,19). The maximum Gasteiger partial charge on any atom is 0.194 e. The molecule has 0 radical (unpaired) electrons. The summed E-state index contributed by atoms with van der Waals surface area (Å²) in [5.74, 6) is 2.32. The summed E-state index contributed by atoms with van der Waals surface area (Å²) in [4.78, 5) is 7.19. The van der Waals surface area contributed by atoms with Crippen LogP contribution in [0.25, 0.3) is 0 Å². The predicted octanol–water partition coefficient (Wildman–Crippen LogP) is 3.15. The van der Waals surface area contributed by atoms with Crippen molar-refractivity contribution in [1.82, 2.24) is 10.2 Å². The second kappa shape index (κ2) is 8.98. The van der Waals surface area contributed by atoms with Crippen molar-refractivity contribution in [2.45, 2.75) is 32.7 Å². The lowest BCUT2D eigenvalue weighted by atomic mass is 10.0. The van der Waals surface area contributed by atoms with Gasteiger partial charge in [0, 0.05) is 26.2 Å². The van der Waals surface area contributed by atoms with Crippen LogP contribution < -0.4 is 5.32 Å². The van der Waals surface area contributed by atoms with E-state index in [2.05, 4.69) is 47.7 Å². The van der Waals surface area contributed by atoms with E-state index in [0.717, 1.165) is 38.6 Å². The molecule has 1 N–H and O–H groups in total. The van der Waals surface area contributed by atoms with Crippen molar-refractivity contribution in [2.75, 3.05) is 31.6 Å². The van der Waals surface area contributed by atoms with E-state index in [-0.39, 0.29) is 0 Å². The minimum absolute atomic E-state index is 0.932. The molecular formula is C17H27N3S. The Hall–Kier alpha value is -1.16. The monoisotopic (exact) mass is 305 g/mol. The smallest absolute Gasteiger partial charge is 0.194 e. The van der Waals surface area contributed by atoms with Crippen molar-refractivity contribution in [3.05, 3.63) is 35.4 Å². The number of hydrogen-bond donors (Lipinski definition) is 1. The van der Waals surface area contributed by atoms with E-state index in [1.165, 1.54) is 29.7 Å². The number of rotatable bonds is 6. The molecule has 1 aliphatic heterocycles. The zero-order valence-corrected chi connectivity index (χ0v) is 14.1. The molecule has 0 atom stereocenters. The molecule has 0 saturated heterocycles. The first kappa shape index (κ1) is 16.2. The third-order valence-electron chi connectivity index (χ3n) is 3.78. The first-order chi connectivity index (χ1) is 10.3. The van der Waals surface area contributed by atoms with Crippen LogP contribution in [0.3, 0.4) is 0 Å². The number of nitrogens with one attached hydrogen (secondary N) is 1. The van der Waals surface area contributed by atoms with E-state index in [1.807, 2.05) is 11.8 Å². The van der Waals surface area contributed by atoms with Crippen LogP contribution in [-0.2, 0) is 13.0 Å². The van der Waals surface area contributed by atoms with E-state index >= 15 is 0 Å². The van der Waals surface area contributed by atoms with Crippen molar-refractivity contribution < 1.29 is 0 Å². The van der Waals surface area contributed by atoms with Gasteiger partial charge in [-0.3, -0.25) is 4.99 Å². The second-order valence-electron chi connectivity index (χ2n) is 5.38. The van der Waals surface area contributed by atoms with Crippen molar-refractivity contribution >= 4 is 17.7 Å². The van der Waals surface area contributed by atoms with Crippen molar-refractivity contribution in [1.29, 1.82) is 0 Å². The van der Waals surface area contributed by atoms with Gasteiger partial charge >= 0.3 is 0 Å². The number of fused-ring (bicyclic) bond motifs is 1. The number of unbranched alkanes of at least 4 members (excludes halogenated alkanes) is 1. The lowest BCUT2D eigenvalue weighted by Gasteiger charge is -2.31. The maximum atomic E-state index is 4.80. The topological polar surface area (TPSA) is 27.6 Å². The van der Waals surface area contributed by atoms with Crippen LogP contribution in [-0.4, -0.2) is 42.5 Å². The third-order valence-corrected chi connectivity index (χ3v) is 4.48. The number of nitrogens with zero attached hydrogens (tertiary/aromatic N) is 2. The van der Waals surface area contributed by atoms with E-state index < -0.39 is 0 Å². The number of guanidine groups is 1. The Kier molecular flexibility index (Phi) is 6.93. The Labute approximate surface area is 133 Å². The highest BCUT2D eigenvalue weighted by atomic mass is 32.2. The van der Waals surface area contributed by atoms with Crippen LogP contribution in [0.4, 0.5) is 0 Å². The van der Waals surface area contributed by atoms with Gasteiger partial charge in [-0.1, -0.05) is 24.3 Å². The van der Waals surface area contributed by atoms with Gasteiger partial charge in [-0.15, -0.1) is 0 Å². The normalized spacial score (nSPS) is 15.0. The van der Waals surface area contributed by atoms with Crippen molar-refractivity contribution in [3.63, 3.8) is 0 Å². The van der Waals surface area contributed by atoms with E-state index in [1.54, 1.807) is 0 Å². The zero-order chi connectivity index (χ0) is 14.9. The Balaban J connectivity index is 1.94. The van der Waals surface area contributed by atoms with Gasteiger partial charge in [0.25, 0.3) is 0 Å². The van der Waals surface area contributed by atoms with Crippen LogP contribution in [0.1, 0.15) is 30.9 Å². The van der Waals surface area contributed by atoms with Crippen LogP contribution in [0, 0.1) is 0 Å². The molecule has 3 nitrogen and oxygen atoms in total. The highest BCUT2D eigenvalue weighted by Crippen LogP contribution is 2.18. The van der Waals surface area contributed by atoms with Crippen LogP contribution in [0.15, 0.2) is 29.3 Å². The molecular weight excluding hydrogens is 278 g/mol. The number of benzene rings is 1. The van der Waals surface area contributed by atoms with Gasteiger partial charge in [-0.2, -0.15) is 11.8 Å². The summed E-state index contributed by atoms with van der Waals surface area (Å²) in [6, 6.07) is 8.76. The molecule has 21 heavy (non-hydrogen) atoms. The molecule has 116 valence electrons. The van der Waals surface area contributed by atoms with Gasteiger partial charge in [0.2, 0.25) is 0 Å². The van der Waals surface area contributed by atoms with Crippen LogP contribution in [0.2, 0.25) is 0 Å². The molecule has 1 aliphatic rings. The fourth-order valence-corrected chi connectivity index (χ4v) is 3.14. The lowest BCUT2D eigenvalue weighted by molar-refractivity contribution is 0.378. The largest absolute Gasteiger partial charge is 0.357 e. The molecule has 0 spiro atoms. The summed E-state index contributed by atoms with van der Waals surface area (Å²) in [6.07, 6.45) is 5.72. The molecule has 0 unspecified atom stereocenters. The van der Waals surface area contributed by atoms with Gasteiger partial charge in [0.1, 0.15) is 0 Å². The first-order valence-corrected chi connectivity index (χ1v) is 9.33. The molecule has 0 aliphatic carbocycles. The minimum Gasteiger partial charge on any atom is -0.357 e. The predicted molar refractivity (Wildman–Crippen MR) is 94.2 cm³/mol. The van der Waals surface area contributed by atoms with E-state index in [4.69, 9.17) is 4.99 Å². The Morgan fingerprint density at radius 2 is 2.10 bits per heavy atom. The highest BCUT2D eigenvalue weighted by Gasteiger charge is 2.18. The molecule has 1 heterocycles. The Morgan fingerprint density at radius 3 is 2.86 bits per heavy atom. The minimum atomic E-state index is 0.932. The molecule has 0 aromatic heterocycles. The molecule has 0 amide bonds. The molecule has 4 heteroatoms. The van der Waals surface area contributed by atoms with E-state index in [0.29, 0.717) is 0 Å².